The number of carbonyl (C=O) groups excluding carboxylic acids is 2. The number of rotatable bonds is 4. The number of primary amides is 1. The van der Waals surface area contributed by atoms with Gasteiger partial charge in [0.15, 0.2) is 0 Å². The second kappa shape index (κ2) is 5.92. The lowest BCUT2D eigenvalue weighted by atomic mass is 10.2. The molecule has 0 aliphatic rings. The summed E-state index contributed by atoms with van der Waals surface area (Å²) in [6.45, 7) is 1.57. The van der Waals surface area contributed by atoms with Crippen LogP contribution >= 0.6 is 0 Å². The number of nitrogens with two attached hydrogens (primary N) is 1. The third-order valence-corrected chi connectivity index (χ3v) is 2.77. The highest BCUT2D eigenvalue weighted by Crippen LogP contribution is 2.15. The lowest BCUT2D eigenvalue weighted by molar-refractivity contribution is -0.117. The van der Waals surface area contributed by atoms with Crippen LogP contribution in [0.5, 0.6) is 0 Å². The maximum absolute atomic E-state index is 11.9. The molecule has 0 radical (unpaired) electrons. The molecule has 1 atom stereocenters. The summed E-state index contributed by atoms with van der Waals surface area (Å²) in [5, 5.41) is 5.05. The first-order valence-corrected chi connectivity index (χ1v) is 6.16. The van der Waals surface area contributed by atoms with E-state index in [1.54, 1.807) is 13.0 Å². The minimum Gasteiger partial charge on any atom is -0.352 e. The Morgan fingerprint density at radius 1 is 1.20 bits per heavy atom. The Bertz CT molecular complexity index is 607. The molecule has 6 heteroatoms. The number of benzene rings is 1. The van der Waals surface area contributed by atoms with Crippen LogP contribution in [0.15, 0.2) is 48.8 Å². The molecule has 6 nitrogen and oxygen atoms in total. The van der Waals surface area contributed by atoms with E-state index in [2.05, 4.69) is 10.6 Å². The molecule has 3 amide bonds. The Morgan fingerprint density at radius 3 is 2.55 bits per heavy atom. The molecular weight excluding hydrogens is 256 g/mol. The monoisotopic (exact) mass is 272 g/mol. The summed E-state index contributed by atoms with van der Waals surface area (Å²) >= 11 is 0. The van der Waals surface area contributed by atoms with Crippen molar-refractivity contribution >= 4 is 17.6 Å². The van der Waals surface area contributed by atoms with Crippen molar-refractivity contribution in [2.24, 2.45) is 5.73 Å². The van der Waals surface area contributed by atoms with E-state index >= 15 is 0 Å². The highest BCUT2D eigenvalue weighted by atomic mass is 16.2. The van der Waals surface area contributed by atoms with Crippen LogP contribution in [-0.4, -0.2) is 22.5 Å². The number of urea groups is 1. The van der Waals surface area contributed by atoms with Crippen LogP contribution in [0.25, 0.3) is 5.69 Å². The number of hydrogen-bond donors (Lipinski definition) is 3. The molecule has 2 rings (SSSR count). The molecule has 104 valence electrons. The molecule has 0 saturated heterocycles. The zero-order valence-electron chi connectivity index (χ0n) is 11.0. The summed E-state index contributed by atoms with van der Waals surface area (Å²) in [6, 6.07) is 9.82. The van der Waals surface area contributed by atoms with Crippen molar-refractivity contribution in [3.63, 3.8) is 0 Å². The molecule has 0 bridgehead atoms. The van der Waals surface area contributed by atoms with Crippen molar-refractivity contribution in [2.45, 2.75) is 13.0 Å². The number of nitrogens with zero attached hydrogens (tertiary/aromatic N) is 1. The van der Waals surface area contributed by atoms with E-state index in [0.717, 1.165) is 5.69 Å². The lowest BCUT2D eigenvalue weighted by Gasteiger charge is -2.13. The molecular formula is C14H16N4O2. The summed E-state index contributed by atoms with van der Waals surface area (Å²) in [5.74, 6) is -0.326. The van der Waals surface area contributed by atoms with Crippen LogP contribution in [-0.2, 0) is 4.79 Å². The lowest BCUT2D eigenvalue weighted by Crippen LogP contribution is -2.44. The van der Waals surface area contributed by atoms with Crippen molar-refractivity contribution in [3.8, 4) is 5.69 Å². The van der Waals surface area contributed by atoms with Crippen molar-refractivity contribution in [1.29, 1.82) is 0 Å². The smallest absolute Gasteiger partial charge is 0.312 e. The molecule has 1 aromatic heterocycles. The highest BCUT2D eigenvalue weighted by Gasteiger charge is 2.14. The maximum Gasteiger partial charge on any atom is 0.312 e. The van der Waals surface area contributed by atoms with E-state index in [0.29, 0.717) is 5.69 Å². The number of carbonyl (C=O) groups is 2. The quantitative estimate of drug-likeness (QED) is 0.786. The number of amides is 3. The third-order valence-electron chi connectivity index (χ3n) is 2.77. The van der Waals surface area contributed by atoms with Gasteiger partial charge < -0.3 is 20.9 Å². The van der Waals surface area contributed by atoms with Crippen molar-refractivity contribution < 1.29 is 9.59 Å². The van der Waals surface area contributed by atoms with Gasteiger partial charge >= 0.3 is 6.03 Å². The SMILES string of the molecule is C[C@@H](NC(N)=O)C(=O)Nc1cccc(-n2cccc2)c1. The fraction of sp³-hybridized carbons (Fsp3) is 0.143. The predicted octanol–water partition coefficient (Wildman–Crippen LogP) is 1.47. The maximum atomic E-state index is 11.9. The van der Waals surface area contributed by atoms with Crippen LogP contribution in [0, 0.1) is 0 Å². The van der Waals surface area contributed by atoms with Crippen molar-refractivity contribution in [1.82, 2.24) is 9.88 Å². The topological polar surface area (TPSA) is 89.2 Å². The van der Waals surface area contributed by atoms with E-state index in [1.807, 2.05) is 47.3 Å². The molecule has 0 aliphatic carbocycles. The first-order valence-electron chi connectivity index (χ1n) is 6.16. The third kappa shape index (κ3) is 3.38. The second-order valence-corrected chi connectivity index (χ2v) is 4.36. The van der Waals surface area contributed by atoms with Gasteiger partial charge in [0, 0.05) is 23.8 Å². The minimum absolute atomic E-state index is 0.326. The molecule has 1 aromatic carbocycles. The number of nitrogens with one attached hydrogen (secondary N) is 2. The fourth-order valence-corrected chi connectivity index (χ4v) is 1.78. The molecule has 0 spiro atoms. The normalized spacial score (nSPS) is 11.7. The molecule has 1 heterocycles. The molecule has 20 heavy (non-hydrogen) atoms. The summed E-state index contributed by atoms with van der Waals surface area (Å²) in [5.41, 5.74) is 6.57. The Balaban J connectivity index is 2.08. The summed E-state index contributed by atoms with van der Waals surface area (Å²) in [4.78, 5) is 22.6. The summed E-state index contributed by atoms with van der Waals surface area (Å²) in [7, 11) is 0. The number of hydrogen-bond acceptors (Lipinski definition) is 2. The van der Waals surface area contributed by atoms with Crippen LogP contribution in [0.4, 0.5) is 10.5 Å². The Kier molecular flexibility index (Phi) is 4.05. The average molecular weight is 272 g/mol. The molecule has 0 unspecified atom stereocenters. The number of anilines is 1. The van der Waals surface area contributed by atoms with Gasteiger partial charge in [-0.2, -0.15) is 0 Å². The first kappa shape index (κ1) is 13.7. The second-order valence-electron chi connectivity index (χ2n) is 4.36. The van der Waals surface area contributed by atoms with E-state index < -0.39 is 12.1 Å². The minimum atomic E-state index is -0.728. The Hall–Kier alpha value is -2.76. The fourth-order valence-electron chi connectivity index (χ4n) is 1.78. The van der Waals surface area contributed by atoms with Gasteiger partial charge in [0.25, 0.3) is 0 Å². The van der Waals surface area contributed by atoms with E-state index in [-0.39, 0.29) is 5.91 Å². The van der Waals surface area contributed by atoms with E-state index in [4.69, 9.17) is 5.73 Å². The largest absolute Gasteiger partial charge is 0.352 e. The number of aromatic nitrogens is 1. The van der Waals surface area contributed by atoms with Gasteiger partial charge in [0.2, 0.25) is 5.91 Å². The Labute approximate surface area is 116 Å². The van der Waals surface area contributed by atoms with Gasteiger partial charge in [0.1, 0.15) is 6.04 Å². The molecule has 4 N–H and O–H groups in total. The van der Waals surface area contributed by atoms with Gasteiger partial charge in [-0.3, -0.25) is 4.79 Å². The zero-order chi connectivity index (χ0) is 14.5. The first-order chi connectivity index (χ1) is 9.56. The van der Waals surface area contributed by atoms with E-state index in [9.17, 15) is 9.59 Å². The van der Waals surface area contributed by atoms with Crippen LogP contribution in [0.1, 0.15) is 6.92 Å². The average Bonchev–Trinajstić information content (AvgIpc) is 2.92. The van der Waals surface area contributed by atoms with Crippen molar-refractivity contribution in [2.75, 3.05) is 5.32 Å². The van der Waals surface area contributed by atoms with Gasteiger partial charge in [-0.15, -0.1) is 0 Å². The predicted molar refractivity (Wildman–Crippen MR) is 76.6 cm³/mol. The van der Waals surface area contributed by atoms with Gasteiger partial charge in [-0.05, 0) is 37.3 Å². The van der Waals surface area contributed by atoms with Gasteiger partial charge in [-0.1, -0.05) is 6.07 Å². The zero-order valence-corrected chi connectivity index (χ0v) is 11.0. The van der Waals surface area contributed by atoms with Crippen LogP contribution in [0.3, 0.4) is 0 Å². The Morgan fingerprint density at radius 2 is 1.90 bits per heavy atom. The summed E-state index contributed by atoms with van der Waals surface area (Å²) in [6.07, 6.45) is 3.83. The standard InChI is InChI=1S/C14H16N4O2/c1-10(16-14(15)20)13(19)17-11-5-4-6-12(9-11)18-7-2-3-8-18/h2-10H,1H3,(H,17,19)(H3,15,16,20)/t10-/m1/s1. The van der Waals surface area contributed by atoms with Gasteiger partial charge in [-0.25, -0.2) is 4.79 Å². The van der Waals surface area contributed by atoms with Crippen molar-refractivity contribution in [3.05, 3.63) is 48.8 Å². The van der Waals surface area contributed by atoms with Crippen LogP contribution < -0.4 is 16.4 Å². The molecule has 2 aromatic rings. The molecule has 0 saturated carbocycles. The molecule has 0 aliphatic heterocycles. The highest BCUT2D eigenvalue weighted by molar-refractivity contribution is 5.96. The van der Waals surface area contributed by atoms with Crippen LogP contribution in [0.2, 0.25) is 0 Å². The van der Waals surface area contributed by atoms with Gasteiger partial charge in [0.05, 0.1) is 0 Å². The summed E-state index contributed by atoms with van der Waals surface area (Å²) < 4.78 is 1.93. The molecule has 0 fully saturated rings. The van der Waals surface area contributed by atoms with E-state index in [1.165, 1.54) is 0 Å².